The molecule has 3 aromatic heterocycles. The molecule has 0 radical (unpaired) electrons. The number of para-hydroxylation sites is 4. The van der Waals surface area contributed by atoms with Crippen molar-refractivity contribution in [1.29, 1.82) is 0 Å². The molecule has 0 aliphatic carbocycles. The average molecular weight is 451 g/mol. The number of pyridine rings is 2. The zero-order chi connectivity index (χ0) is 21.5. The molecule has 0 aliphatic rings. The molecular weight excluding hydrogens is 428 g/mol. The van der Waals surface area contributed by atoms with Crippen LogP contribution in [0.1, 0.15) is 17.2 Å². The standard InChI is InChI=1S/C28H23N4.ClH/c1-20-31(18-23-16-14-21-8-2-4-10-25(21)29-23)27-12-6-7-13-28(27)32(20)19-24-17-15-22-9-3-5-11-26(22)30-24;/h2-17H,18-19H2,1H3;1H/q+1;/p-1. The Morgan fingerprint density at radius 2 is 1.24 bits per heavy atom. The molecule has 0 unspecified atom stereocenters. The van der Waals surface area contributed by atoms with E-state index < -0.39 is 0 Å². The fourth-order valence-electron chi connectivity index (χ4n) is 4.53. The summed E-state index contributed by atoms with van der Waals surface area (Å²) in [6.45, 7) is 3.65. The molecule has 5 heteroatoms. The molecule has 0 saturated carbocycles. The van der Waals surface area contributed by atoms with Crippen LogP contribution >= 0.6 is 0 Å². The minimum absolute atomic E-state index is 0. The maximum absolute atomic E-state index is 4.90. The van der Waals surface area contributed by atoms with E-state index in [9.17, 15) is 0 Å². The van der Waals surface area contributed by atoms with Crippen molar-refractivity contribution in [3.05, 3.63) is 114 Å². The zero-order valence-electron chi connectivity index (χ0n) is 18.3. The number of hydrogen-bond acceptors (Lipinski definition) is 2. The first-order chi connectivity index (χ1) is 15.8. The van der Waals surface area contributed by atoms with Gasteiger partial charge in [0.25, 0.3) is 5.82 Å². The van der Waals surface area contributed by atoms with Crippen molar-refractivity contribution in [2.75, 3.05) is 0 Å². The zero-order valence-corrected chi connectivity index (χ0v) is 19.1. The van der Waals surface area contributed by atoms with Crippen molar-refractivity contribution in [2.24, 2.45) is 0 Å². The van der Waals surface area contributed by atoms with Crippen molar-refractivity contribution < 1.29 is 17.0 Å². The maximum atomic E-state index is 4.90. The fraction of sp³-hybridized carbons (Fsp3) is 0.107. The van der Waals surface area contributed by atoms with Crippen LogP contribution in [0.2, 0.25) is 0 Å². The normalized spacial score (nSPS) is 11.2. The summed E-state index contributed by atoms with van der Waals surface area (Å²) in [6, 6.07) is 33.7. The Morgan fingerprint density at radius 1 is 0.667 bits per heavy atom. The van der Waals surface area contributed by atoms with Gasteiger partial charge in [0.1, 0.15) is 13.1 Å². The van der Waals surface area contributed by atoms with Crippen LogP contribution in [0.15, 0.2) is 97.1 Å². The second-order valence-electron chi connectivity index (χ2n) is 8.20. The molecule has 0 aliphatic heterocycles. The largest absolute Gasteiger partial charge is 1.00 e. The Bertz CT molecular complexity index is 1480. The predicted octanol–water partition coefficient (Wildman–Crippen LogP) is 2.43. The summed E-state index contributed by atoms with van der Waals surface area (Å²) in [5.74, 6) is 1.19. The first-order valence-corrected chi connectivity index (χ1v) is 10.9. The molecule has 0 bridgehead atoms. The molecule has 0 N–H and O–H groups in total. The minimum Gasteiger partial charge on any atom is -1.00 e. The minimum atomic E-state index is 0. The molecule has 0 fully saturated rings. The van der Waals surface area contributed by atoms with E-state index in [1.54, 1.807) is 0 Å². The SMILES string of the molecule is Cc1n(Cc2ccc3ccccc3n2)c2ccccc2[n+]1Cc1ccc2ccccc2n1.[Cl-]. The van der Waals surface area contributed by atoms with Gasteiger partial charge in [0.05, 0.1) is 22.4 Å². The lowest BCUT2D eigenvalue weighted by atomic mass is 10.2. The lowest BCUT2D eigenvalue weighted by molar-refractivity contribution is -0.670. The van der Waals surface area contributed by atoms with Gasteiger partial charge in [-0.2, -0.15) is 0 Å². The molecule has 33 heavy (non-hydrogen) atoms. The summed E-state index contributed by atoms with van der Waals surface area (Å²) >= 11 is 0. The summed E-state index contributed by atoms with van der Waals surface area (Å²) in [5.41, 5.74) is 6.60. The second-order valence-corrected chi connectivity index (χ2v) is 8.20. The molecule has 0 atom stereocenters. The molecule has 6 aromatic rings. The van der Waals surface area contributed by atoms with E-state index in [4.69, 9.17) is 9.97 Å². The number of aromatic nitrogens is 4. The quantitative estimate of drug-likeness (QED) is 0.387. The van der Waals surface area contributed by atoms with Crippen LogP contribution in [0.4, 0.5) is 0 Å². The Labute approximate surface area is 198 Å². The molecule has 0 saturated heterocycles. The van der Waals surface area contributed by atoms with Crippen molar-refractivity contribution in [2.45, 2.75) is 20.0 Å². The van der Waals surface area contributed by atoms with Gasteiger partial charge in [-0.25, -0.2) is 19.1 Å². The predicted molar refractivity (Wildman–Crippen MR) is 129 cm³/mol. The van der Waals surface area contributed by atoms with Gasteiger partial charge in [-0.05, 0) is 36.4 Å². The van der Waals surface area contributed by atoms with Crippen molar-refractivity contribution >= 4 is 32.8 Å². The third-order valence-electron chi connectivity index (χ3n) is 6.20. The van der Waals surface area contributed by atoms with E-state index in [-0.39, 0.29) is 12.4 Å². The van der Waals surface area contributed by atoms with Crippen molar-refractivity contribution in [1.82, 2.24) is 14.5 Å². The monoisotopic (exact) mass is 450 g/mol. The van der Waals surface area contributed by atoms with Gasteiger partial charge in [0.2, 0.25) is 0 Å². The number of imidazole rings is 1. The molecule has 162 valence electrons. The van der Waals surface area contributed by atoms with Crippen molar-refractivity contribution in [3.63, 3.8) is 0 Å². The van der Waals surface area contributed by atoms with Crippen LogP contribution < -0.4 is 17.0 Å². The molecule has 6 rings (SSSR count). The Morgan fingerprint density at radius 3 is 1.97 bits per heavy atom. The smallest absolute Gasteiger partial charge is 0.254 e. The molecule has 0 spiro atoms. The van der Waals surface area contributed by atoms with E-state index in [2.05, 4.69) is 101 Å². The summed E-state index contributed by atoms with van der Waals surface area (Å²) in [7, 11) is 0. The highest BCUT2D eigenvalue weighted by Gasteiger charge is 2.22. The van der Waals surface area contributed by atoms with E-state index in [0.29, 0.717) is 0 Å². The van der Waals surface area contributed by atoms with Gasteiger partial charge in [-0.15, -0.1) is 0 Å². The molecule has 3 aromatic carbocycles. The summed E-state index contributed by atoms with van der Waals surface area (Å²) in [4.78, 5) is 9.81. The van der Waals surface area contributed by atoms with Crippen molar-refractivity contribution in [3.8, 4) is 0 Å². The number of benzene rings is 3. The maximum Gasteiger partial charge on any atom is 0.254 e. The number of halogens is 1. The van der Waals surface area contributed by atoms with Crippen LogP contribution in [0.3, 0.4) is 0 Å². The fourth-order valence-corrected chi connectivity index (χ4v) is 4.53. The van der Waals surface area contributed by atoms with Gasteiger partial charge in [0, 0.05) is 17.7 Å². The highest BCUT2D eigenvalue weighted by Crippen LogP contribution is 2.19. The van der Waals surface area contributed by atoms with Crippen LogP contribution in [0.25, 0.3) is 32.8 Å². The lowest BCUT2D eigenvalue weighted by Gasteiger charge is -2.04. The first-order valence-electron chi connectivity index (χ1n) is 10.9. The summed E-state index contributed by atoms with van der Waals surface area (Å²) in [6.07, 6.45) is 0. The third kappa shape index (κ3) is 3.83. The van der Waals surface area contributed by atoms with Crippen LogP contribution in [0.5, 0.6) is 0 Å². The third-order valence-corrected chi connectivity index (χ3v) is 6.20. The highest BCUT2D eigenvalue weighted by atomic mass is 35.5. The number of rotatable bonds is 4. The summed E-state index contributed by atoms with van der Waals surface area (Å²) < 4.78 is 4.71. The van der Waals surface area contributed by atoms with Crippen LogP contribution in [-0.4, -0.2) is 14.5 Å². The number of nitrogens with zero attached hydrogens (tertiary/aromatic N) is 4. The van der Waals surface area contributed by atoms with E-state index >= 15 is 0 Å². The van der Waals surface area contributed by atoms with E-state index in [0.717, 1.165) is 35.5 Å². The first kappa shape index (κ1) is 21.1. The van der Waals surface area contributed by atoms with Gasteiger partial charge in [-0.1, -0.05) is 60.7 Å². The van der Waals surface area contributed by atoms with Gasteiger partial charge < -0.3 is 12.4 Å². The second kappa shape index (κ2) is 8.64. The topological polar surface area (TPSA) is 34.6 Å². The average Bonchev–Trinajstić information content (AvgIpc) is 3.10. The molecule has 0 amide bonds. The molecular formula is C28H23ClN4. The Kier molecular flexibility index (Phi) is 5.53. The van der Waals surface area contributed by atoms with Gasteiger partial charge in [0.15, 0.2) is 11.0 Å². The van der Waals surface area contributed by atoms with Crippen LogP contribution in [0, 0.1) is 6.92 Å². The van der Waals surface area contributed by atoms with E-state index in [1.165, 1.54) is 27.6 Å². The molecule has 4 nitrogen and oxygen atoms in total. The Hall–Kier alpha value is -3.76. The van der Waals surface area contributed by atoms with Gasteiger partial charge in [-0.3, -0.25) is 0 Å². The molecule has 3 heterocycles. The van der Waals surface area contributed by atoms with E-state index in [1.807, 2.05) is 12.1 Å². The highest BCUT2D eigenvalue weighted by molar-refractivity contribution is 5.79. The lowest BCUT2D eigenvalue weighted by Crippen LogP contribution is -3.00. The summed E-state index contributed by atoms with van der Waals surface area (Å²) in [5, 5.41) is 2.34. The van der Waals surface area contributed by atoms with Crippen LogP contribution in [-0.2, 0) is 13.1 Å². The number of fused-ring (bicyclic) bond motifs is 3. The number of hydrogen-bond donors (Lipinski definition) is 0. The Balaban J connectivity index is 0.00000228. The van der Waals surface area contributed by atoms with Gasteiger partial charge >= 0.3 is 0 Å².